The van der Waals surface area contributed by atoms with Gasteiger partial charge < -0.3 is 21.3 Å². The van der Waals surface area contributed by atoms with E-state index in [4.69, 9.17) is 5.73 Å². The number of thiophene rings is 1. The summed E-state index contributed by atoms with van der Waals surface area (Å²) in [7, 11) is 2.13. The number of carbonyl (C=O) groups is 2. The number of likely N-dealkylation sites (N-methyl/N-ethyl adjacent to an activating group) is 1. The molecule has 1 saturated heterocycles. The van der Waals surface area contributed by atoms with Crippen molar-refractivity contribution in [2.45, 2.75) is 0 Å². The van der Waals surface area contributed by atoms with Crippen LogP contribution in [0.15, 0.2) is 60.0 Å². The van der Waals surface area contributed by atoms with Gasteiger partial charge in [0, 0.05) is 55.3 Å². The average Bonchev–Trinajstić information content (AvgIpc) is 3.37. The van der Waals surface area contributed by atoms with Crippen LogP contribution in [0, 0.1) is 0 Å². The first kappa shape index (κ1) is 23.0. The molecule has 1 aromatic heterocycles. The van der Waals surface area contributed by atoms with Crippen molar-refractivity contribution >= 4 is 34.5 Å². The van der Waals surface area contributed by atoms with E-state index in [1.165, 1.54) is 0 Å². The summed E-state index contributed by atoms with van der Waals surface area (Å²) >= 11 is 1.63. The van der Waals surface area contributed by atoms with E-state index < -0.39 is 0 Å². The second-order valence-electron chi connectivity index (χ2n) is 8.21. The largest absolute Gasteiger partial charge is 0.397 e. The van der Waals surface area contributed by atoms with Gasteiger partial charge in [-0.3, -0.25) is 14.5 Å². The van der Waals surface area contributed by atoms with Crippen LogP contribution in [0.2, 0.25) is 0 Å². The van der Waals surface area contributed by atoms with Crippen molar-refractivity contribution in [2.24, 2.45) is 0 Å². The van der Waals surface area contributed by atoms with E-state index in [0.717, 1.165) is 43.2 Å². The molecule has 172 valence electrons. The SMILES string of the molecule is CN1CCN(CCNC(=O)c2ccc(C(=O)Nc3cc(-c4cccs4)ccc3N)cc2)CC1. The normalized spacial score (nSPS) is 14.7. The molecule has 0 bridgehead atoms. The first-order chi connectivity index (χ1) is 16.0. The molecule has 0 spiro atoms. The number of nitrogens with one attached hydrogen (secondary N) is 2. The zero-order valence-corrected chi connectivity index (χ0v) is 19.5. The summed E-state index contributed by atoms with van der Waals surface area (Å²) in [4.78, 5) is 31.0. The number of nitrogens with two attached hydrogens (primary N) is 1. The second-order valence-corrected chi connectivity index (χ2v) is 9.16. The Bertz CT molecular complexity index is 1090. The quantitative estimate of drug-likeness (QED) is 0.468. The zero-order valence-electron chi connectivity index (χ0n) is 18.7. The Labute approximate surface area is 198 Å². The number of piperazine rings is 1. The highest BCUT2D eigenvalue weighted by atomic mass is 32.1. The van der Waals surface area contributed by atoms with Gasteiger partial charge in [-0.1, -0.05) is 12.1 Å². The lowest BCUT2D eigenvalue weighted by molar-refractivity contribution is 0.0939. The monoisotopic (exact) mass is 463 g/mol. The van der Waals surface area contributed by atoms with E-state index in [1.807, 2.05) is 29.6 Å². The summed E-state index contributed by atoms with van der Waals surface area (Å²) in [5, 5.41) is 7.85. The molecule has 0 atom stereocenters. The van der Waals surface area contributed by atoms with Crippen LogP contribution in [-0.4, -0.2) is 67.9 Å². The Morgan fingerprint density at radius 1 is 0.970 bits per heavy atom. The molecule has 0 aliphatic carbocycles. The van der Waals surface area contributed by atoms with Crippen molar-refractivity contribution in [1.82, 2.24) is 15.1 Å². The number of nitrogens with zero attached hydrogens (tertiary/aromatic N) is 2. The number of nitrogen functional groups attached to an aromatic ring is 1. The fourth-order valence-electron chi connectivity index (χ4n) is 3.73. The van der Waals surface area contributed by atoms with Gasteiger partial charge in [0.25, 0.3) is 11.8 Å². The van der Waals surface area contributed by atoms with Crippen LogP contribution in [0.5, 0.6) is 0 Å². The van der Waals surface area contributed by atoms with Crippen LogP contribution in [0.4, 0.5) is 11.4 Å². The molecular formula is C25H29N5O2S. The highest BCUT2D eigenvalue weighted by Gasteiger charge is 2.14. The van der Waals surface area contributed by atoms with E-state index >= 15 is 0 Å². The Morgan fingerprint density at radius 3 is 2.33 bits per heavy atom. The molecule has 0 radical (unpaired) electrons. The lowest BCUT2D eigenvalue weighted by atomic mass is 10.1. The first-order valence-corrected chi connectivity index (χ1v) is 11.9. The molecule has 0 unspecified atom stereocenters. The van der Waals surface area contributed by atoms with Gasteiger partial charge in [0.2, 0.25) is 0 Å². The standard InChI is InChI=1S/C25H29N5O2S/c1-29-12-14-30(15-13-29)11-10-27-24(31)18-4-6-19(7-5-18)25(32)28-22-17-20(8-9-21(22)26)23-3-2-16-33-23/h2-9,16-17H,10-15,26H2,1H3,(H,27,31)(H,28,32). The fraction of sp³-hybridized carbons (Fsp3) is 0.280. The van der Waals surface area contributed by atoms with E-state index in [0.29, 0.717) is 29.0 Å². The number of hydrogen-bond acceptors (Lipinski definition) is 6. The molecular weight excluding hydrogens is 434 g/mol. The maximum atomic E-state index is 12.7. The zero-order chi connectivity index (χ0) is 23.2. The molecule has 1 aliphatic rings. The molecule has 3 aromatic rings. The van der Waals surface area contributed by atoms with Gasteiger partial charge in [-0.05, 0) is 60.5 Å². The summed E-state index contributed by atoms with van der Waals surface area (Å²) in [6.07, 6.45) is 0. The second kappa shape index (κ2) is 10.6. The van der Waals surface area contributed by atoms with E-state index in [2.05, 4.69) is 27.5 Å². The van der Waals surface area contributed by atoms with Crippen LogP contribution < -0.4 is 16.4 Å². The molecule has 0 saturated carbocycles. The molecule has 4 rings (SSSR count). The maximum Gasteiger partial charge on any atom is 0.255 e. The molecule has 4 N–H and O–H groups in total. The first-order valence-electron chi connectivity index (χ1n) is 11.0. The smallest absolute Gasteiger partial charge is 0.255 e. The molecule has 33 heavy (non-hydrogen) atoms. The summed E-state index contributed by atoms with van der Waals surface area (Å²) < 4.78 is 0. The minimum atomic E-state index is -0.271. The van der Waals surface area contributed by atoms with Crippen molar-refractivity contribution in [3.8, 4) is 10.4 Å². The highest BCUT2D eigenvalue weighted by Crippen LogP contribution is 2.30. The Morgan fingerprint density at radius 2 is 1.67 bits per heavy atom. The lowest BCUT2D eigenvalue weighted by Crippen LogP contribution is -2.46. The summed E-state index contributed by atoms with van der Waals surface area (Å²) in [5.41, 5.74) is 9.13. The number of carbonyl (C=O) groups excluding carboxylic acids is 2. The van der Waals surface area contributed by atoms with Crippen LogP contribution in [-0.2, 0) is 0 Å². The molecule has 2 heterocycles. The molecule has 2 aromatic carbocycles. The predicted octanol–water partition coefficient (Wildman–Crippen LogP) is 3.23. The Kier molecular flexibility index (Phi) is 7.39. The van der Waals surface area contributed by atoms with Crippen molar-refractivity contribution in [2.75, 3.05) is 57.4 Å². The number of anilines is 2. The number of benzene rings is 2. The third-order valence-corrected chi connectivity index (χ3v) is 6.74. The minimum absolute atomic E-state index is 0.135. The topological polar surface area (TPSA) is 90.7 Å². The summed E-state index contributed by atoms with van der Waals surface area (Å²) in [6.45, 7) is 5.60. The third kappa shape index (κ3) is 5.98. The lowest BCUT2D eigenvalue weighted by Gasteiger charge is -2.32. The maximum absolute atomic E-state index is 12.7. The average molecular weight is 464 g/mol. The Hall–Kier alpha value is -3.20. The predicted molar refractivity (Wildman–Crippen MR) is 135 cm³/mol. The van der Waals surface area contributed by atoms with Crippen LogP contribution in [0.25, 0.3) is 10.4 Å². The molecule has 2 amide bonds. The third-order valence-electron chi connectivity index (χ3n) is 5.83. The minimum Gasteiger partial charge on any atom is -0.397 e. The van der Waals surface area contributed by atoms with Gasteiger partial charge in [0.1, 0.15) is 0 Å². The van der Waals surface area contributed by atoms with Gasteiger partial charge in [0.15, 0.2) is 0 Å². The van der Waals surface area contributed by atoms with Gasteiger partial charge in [-0.25, -0.2) is 0 Å². The van der Waals surface area contributed by atoms with Gasteiger partial charge in [-0.2, -0.15) is 0 Å². The molecule has 8 heteroatoms. The molecule has 1 aliphatic heterocycles. The van der Waals surface area contributed by atoms with E-state index in [-0.39, 0.29) is 11.8 Å². The summed E-state index contributed by atoms with van der Waals surface area (Å²) in [5.74, 6) is -0.406. The fourth-order valence-corrected chi connectivity index (χ4v) is 4.45. The Balaban J connectivity index is 1.32. The number of rotatable bonds is 7. The van der Waals surface area contributed by atoms with Crippen molar-refractivity contribution < 1.29 is 9.59 Å². The van der Waals surface area contributed by atoms with Crippen LogP contribution in [0.1, 0.15) is 20.7 Å². The van der Waals surface area contributed by atoms with Crippen molar-refractivity contribution in [3.63, 3.8) is 0 Å². The molecule has 7 nitrogen and oxygen atoms in total. The molecule has 1 fully saturated rings. The van der Waals surface area contributed by atoms with E-state index in [1.54, 1.807) is 41.7 Å². The van der Waals surface area contributed by atoms with Crippen LogP contribution in [0.3, 0.4) is 0 Å². The van der Waals surface area contributed by atoms with Gasteiger partial charge in [0.05, 0.1) is 11.4 Å². The van der Waals surface area contributed by atoms with Crippen LogP contribution >= 0.6 is 11.3 Å². The van der Waals surface area contributed by atoms with Gasteiger partial charge >= 0.3 is 0 Å². The summed E-state index contributed by atoms with van der Waals surface area (Å²) in [6, 6.07) is 16.3. The number of hydrogen-bond donors (Lipinski definition) is 3. The van der Waals surface area contributed by atoms with Crippen molar-refractivity contribution in [1.29, 1.82) is 0 Å². The number of amides is 2. The highest BCUT2D eigenvalue weighted by molar-refractivity contribution is 7.13. The van der Waals surface area contributed by atoms with E-state index in [9.17, 15) is 9.59 Å². The van der Waals surface area contributed by atoms with Crippen molar-refractivity contribution in [3.05, 3.63) is 71.1 Å². The van der Waals surface area contributed by atoms with Gasteiger partial charge in [-0.15, -0.1) is 11.3 Å².